The first-order chi connectivity index (χ1) is 9.13. The van der Waals surface area contributed by atoms with Crippen LogP contribution in [0.2, 0.25) is 0 Å². The van der Waals surface area contributed by atoms with E-state index in [9.17, 15) is 9.18 Å². The van der Waals surface area contributed by atoms with Crippen LogP contribution in [0.4, 0.5) is 4.39 Å². The van der Waals surface area contributed by atoms with Crippen molar-refractivity contribution in [1.82, 2.24) is 9.97 Å². The Bertz CT molecular complexity index is 793. The van der Waals surface area contributed by atoms with Crippen LogP contribution in [0.15, 0.2) is 47.3 Å². The highest BCUT2D eigenvalue weighted by molar-refractivity contribution is 9.09. The zero-order valence-corrected chi connectivity index (χ0v) is 11.4. The van der Waals surface area contributed by atoms with E-state index in [2.05, 4.69) is 25.9 Å². The first kappa shape index (κ1) is 12.2. The summed E-state index contributed by atoms with van der Waals surface area (Å²) in [6, 6.07) is 12.0. The van der Waals surface area contributed by atoms with Gasteiger partial charge in [-0.2, -0.15) is 0 Å². The second kappa shape index (κ2) is 4.66. The van der Waals surface area contributed by atoms with Crippen molar-refractivity contribution in [1.29, 1.82) is 0 Å². The molecule has 96 valence electrons. The maximum Gasteiger partial charge on any atom is 0.323 e. The Morgan fingerprint density at radius 3 is 2.53 bits per heavy atom. The number of hydrogen-bond acceptors (Lipinski definition) is 1. The van der Waals surface area contributed by atoms with Gasteiger partial charge in [0.2, 0.25) is 0 Å². The van der Waals surface area contributed by atoms with Crippen molar-refractivity contribution in [3.8, 4) is 0 Å². The molecule has 0 radical (unpaired) electrons. The van der Waals surface area contributed by atoms with Crippen molar-refractivity contribution < 1.29 is 4.39 Å². The Balaban J connectivity index is 2.05. The molecule has 0 aliphatic rings. The summed E-state index contributed by atoms with van der Waals surface area (Å²) in [6.45, 7) is 0. The first-order valence-electron chi connectivity index (χ1n) is 5.75. The van der Waals surface area contributed by atoms with Gasteiger partial charge in [0.15, 0.2) is 0 Å². The summed E-state index contributed by atoms with van der Waals surface area (Å²) in [7, 11) is 0. The van der Waals surface area contributed by atoms with Crippen LogP contribution in [0.1, 0.15) is 16.0 Å². The van der Waals surface area contributed by atoms with Gasteiger partial charge in [-0.05, 0) is 35.4 Å². The summed E-state index contributed by atoms with van der Waals surface area (Å²) < 4.78 is 13.2. The molecule has 0 saturated heterocycles. The molecule has 5 heteroatoms. The molecule has 1 unspecified atom stereocenters. The van der Waals surface area contributed by atoms with E-state index in [4.69, 9.17) is 0 Å². The smallest absolute Gasteiger partial charge is 0.306 e. The fourth-order valence-corrected chi connectivity index (χ4v) is 2.63. The molecule has 3 nitrogen and oxygen atoms in total. The van der Waals surface area contributed by atoms with Crippen molar-refractivity contribution in [2.75, 3.05) is 0 Å². The SMILES string of the molecule is O=c1[nH]c2ccc(C(Br)c3cccc(F)c3)cc2[nH]1. The van der Waals surface area contributed by atoms with Crippen LogP contribution in [-0.2, 0) is 0 Å². The number of imidazole rings is 1. The summed E-state index contributed by atoms with van der Waals surface area (Å²) in [4.78, 5) is 16.5. The lowest BCUT2D eigenvalue weighted by atomic mass is 10.0. The molecule has 1 heterocycles. The van der Waals surface area contributed by atoms with Gasteiger partial charge in [0, 0.05) is 0 Å². The topological polar surface area (TPSA) is 48.6 Å². The number of fused-ring (bicyclic) bond motifs is 1. The maximum absolute atomic E-state index is 13.2. The minimum Gasteiger partial charge on any atom is -0.306 e. The van der Waals surface area contributed by atoms with Crippen LogP contribution < -0.4 is 5.69 Å². The van der Waals surface area contributed by atoms with Gasteiger partial charge in [-0.15, -0.1) is 0 Å². The third-order valence-corrected chi connectivity index (χ3v) is 4.03. The molecule has 0 spiro atoms. The third kappa shape index (κ3) is 2.33. The Morgan fingerprint density at radius 1 is 1.00 bits per heavy atom. The lowest BCUT2D eigenvalue weighted by Crippen LogP contribution is -1.99. The first-order valence-corrected chi connectivity index (χ1v) is 6.66. The van der Waals surface area contributed by atoms with E-state index in [1.807, 2.05) is 24.3 Å². The van der Waals surface area contributed by atoms with Crippen molar-refractivity contribution in [3.05, 3.63) is 69.9 Å². The van der Waals surface area contributed by atoms with Gasteiger partial charge in [-0.25, -0.2) is 9.18 Å². The van der Waals surface area contributed by atoms with E-state index in [0.29, 0.717) is 0 Å². The standard InChI is InChI=1S/C14H10BrFN2O/c15-13(8-2-1-3-10(16)6-8)9-4-5-11-12(7-9)18-14(19)17-11/h1-7,13H,(H2,17,18,19). The number of H-pyrrole nitrogens is 2. The van der Waals surface area contributed by atoms with Crippen LogP contribution >= 0.6 is 15.9 Å². The second-order valence-corrected chi connectivity index (χ2v) is 5.22. The van der Waals surface area contributed by atoms with Gasteiger partial charge >= 0.3 is 5.69 Å². The number of halogens is 2. The Labute approximate surface area is 116 Å². The van der Waals surface area contributed by atoms with Gasteiger partial charge in [-0.1, -0.05) is 34.1 Å². The van der Waals surface area contributed by atoms with E-state index in [-0.39, 0.29) is 16.3 Å². The summed E-state index contributed by atoms with van der Waals surface area (Å²) in [5.41, 5.74) is 3.05. The Hall–Kier alpha value is -1.88. The minimum absolute atomic E-state index is 0.119. The molecule has 0 aliphatic heterocycles. The Kier molecular flexibility index (Phi) is 2.98. The predicted octanol–water partition coefficient (Wildman–Crippen LogP) is 3.48. The van der Waals surface area contributed by atoms with Crippen molar-refractivity contribution in [2.24, 2.45) is 0 Å². The molecular formula is C14H10BrFN2O. The summed E-state index contributed by atoms with van der Waals surface area (Å²) in [5, 5.41) is 0. The quantitative estimate of drug-likeness (QED) is 0.698. The molecule has 2 aromatic carbocycles. The maximum atomic E-state index is 13.2. The van der Waals surface area contributed by atoms with Crippen LogP contribution in [0, 0.1) is 5.82 Å². The lowest BCUT2D eigenvalue weighted by molar-refractivity contribution is 0.626. The van der Waals surface area contributed by atoms with Gasteiger partial charge in [-0.3, -0.25) is 0 Å². The normalized spacial score (nSPS) is 12.7. The molecule has 0 aliphatic carbocycles. The van der Waals surface area contributed by atoms with Crippen LogP contribution in [-0.4, -0.2) is 9.97 Å². The van der Waals surface area contributed by atoms with Crippen molar-refractivity contribution in [3.63, 3.8) is 0 Å². The highest BCUT2D eigenvalue weighted by Crippen LogP contribution is 2.31. The molecule has 0 bridgehead atoms. The predicted molar refractivity (Wildman–Crippen MR) is 76.1 cm³/mol. The highest BCUT2D eigenvalue weighted by atomic mass is 79.9. The van der Waals surface area contributed by atoms with Crippen LogP contribution in [0.3, 0.4) is 0 Å². The highest BCUT2D eigenvalue weighted by Gasteiger charge is 2.12. The minimum atomic E-state index is -0.266. The summed E-state index contributed by atoms with van der Waals surface area (Å²) in [6.07, 6.45) is 0. The number of rotatable bonds is 2. The van der Waals surface area contributed by atoms with Crippen LogP contribution in [0.5, 0.6) is 0 Å². The van der Waals surface area contributed by atoms with Crippen molar-refractivity contribution in [2.45, 2.75) is 4.83 Å². The van der Waals surface area contributed by atoms with E-state index in [1.54, 1.807) is 6.07 Å². The molecule has 1 atom stereocenters. The zero-order chi connectivity index (χ0) is 13.4. The molecule has 19 heavy (non-hydrogen) atoms. The zero-order valence-electron chi connectivity index (χ0n) is 9.78. The number of alkyl halides is 1. The number of aromatic nitrogens is 2. The van der Waals surface area contributed by atoms with E-state index < -0.39 is 0 Å². The second-order valence-electron chi connectivity index (χ2n) is 4.30. The summed E-state index contributed by atoms with van der Waals surface area (Å²) >= 11 is 3.55. The molecule has 0 saturated carbocycles. The largest absolute Gasteiger partial charge is 0.323 e. The van der Waals surface area contributed by atoms with E-state index >= 15 is 0 Å². The Morgan fingerprint density at radius 2 is 1.74 bits per heavy atom. The van der Waals surface area contributed by atoms with Gasteiger partial charge in [0.05, 0.1) is 15.9 Å². The number of nitrogens with one attached hydrogen (secondary N) is 2. The lowest BCUT2D eigenvalue weighted by Gasteiger charge is -2.10. The molecule has 3 rings (SSSR count). The number of aromatic amines is 2. The number of hydrogen-bond donors (Lipinski definition) is 2. The molecular weight excluding hydrogens is 311 g/mol. The van der Waals surface area contributed by atoms with Gasteiger partial charge < -0.3 is 9.97 Å². The van der Waals surface area contributed by atoms with Crippen molar-refractivity contribution >= 4 is 27.0 Å². The fourth-order valence-electron chi connectivity index (χ4n) is 2.06. The van der Waals surface area contributed by atoms with Crippen LogP contribution in [0.25, 0.3) is 11.0 Å². The van der Waals surface area contributed by atoms with Gasteiger partial charge in [0.25, 0.3) is 0 Å². The molecule has 0 amide bonds. The summed E-state index contributed by atoms with van der Waals surface area (Å²) in [5.74, 6) is -0.266. The van der Waals surface area contributed by atoms with E-state index in [1.165, 1.54) is 12.1 Å². The third-order valence-electron chi connectivity index (χ3n) is 2.97. The van der Waals surface area contributed by atoms with E-state index in [0.717, 1.165) is 22.2 Å². The molecule has 3 aromatic rings. The molecule has 2 N–H and O–H groups in total. The average molecular weight is 321 g/mol. The monoisotopic (exact) mass is 320 g/mol. The molecule has 0 fully saturated rings. The number of benzene rings is 2. The fraction of sp³-hybridized carbons (Fsp3) is 0.0714. The molecule has 1 aromatic heterocycles. The average Bonchev–Trinajstić information content (AvgIpc) is 2.76. The van der Waals surface area contributed by atoms with Gasteiger partial charge in [0.1, 0.15) is 5.82 Å².